The standard InChI is InChI=1S/C42H49FN2O6/c1-41(2)18-8-13-35(41)44-39(47)36-26-14-15-27(21-26)37(36)45-38(46)31-22-34(32(43)23-33(31)49-4)51-29-16-19-42(3,20-17-29)40(48)50-24-28-11-7-10-25-9-5-6-12-30(25)28/h5-7,9-12,14-15,22-23,26-27,29,35-37H,8,13,16-21,24H2,1-4H3,(H,44,47)(H,45,46)/t26-,27+,29-,35+,36+,37-,42+/m1/s1. The van der Waals surface area contributed by atoms with Crippen molar-refractivity contribution in [1.82, 2.24) is 10.6 Å². The van der Waals surface area contributed by atoms with Gasteiger partial charge in [-0.3, -0.25) is 14.4 Å². The van der Waals surface area contributed by atoms with Crippen LogP contribution in [-0.2, 0) is 20.9 Å². The lowest BCUT2D eigenvalue weighted by atomic mass is 9.74. The summed E-state index contributed by atoms with van der Waals surface area (Å²) in [5, 5.41) is 8.59. The zero-order valence-corrected chi connectivity index (χ0v) is 30.0. The Morgan fingerprint density at radius 1 is 0.882 bits per heavy atom. The predicted molar refractivity (Wildman–Crippen MR) is 193 cm³/mol. The van der Waals surface area contributed by atoms with E-state index in [1.54, 1.807) is 0 Å². The van der Waals surface area contributed by atoms with Crippen molar-refractivity contribution in [1.29, 1.82) is 0 Å². The molecule has 0 heterocycles. The SMILES string of the molecule is COc1cc(F)c(O[C@H]2CC[C@@](C)(C(=O)OCc3cccc4ccccc34)CC2)cc1C(=O)N[C@H]1[C@@H](C(=O)N[C@H]2CCCC2(C)C)[C@@H]2C=C[C@H]1C2. The predicted octanol–water partition coefficient (Wildman–Crippen LogP) is 7.67. The maximum atomic E-state index is 15.4. The van der Waals surface area contributed by atoms with E-state index in [2.05, 4.69) is 36.6 Å². The average Bonchev–Trinajstić information content (AvgIpc) is 3.83. The van der Waals surface area contributed by atoms with Gasteiger partial charge in [-0.2, -0.15) is 0 Å². The molecule has 5 atom stereocenters. The molecule has 2 bridgehead atoms. The van der Waals surface area contributed by atoms with Crippen LogP contribution in [0.5, 0.6) is 11.5 Å². The molecule has 0 spiro atoms. The number of esters is 1. The summed E-state index contributed by atoms with van der Waals surface area (Å²) in [6.07, 6.45) is 9.87. The van der Waals surface area contributed by atoms with Crippen LogP contribution in [0, 0.1) is 34.4 Å². The second kappa shape index (κ2) is 14.0. The van der Waals surface area contributed by atoms with Crippen LogP contribution in [0.1, 0.15) is 88.1 Å². The van der Waals surface area contributed by atoms with Gasteiger partial charge in [0.05, 0.1) is 30.1 Å². The van der Waals surface area contributed by atoms with Crippen LogP contribution in [-0.4, -0.2) is 43.1 Å². The van der Waals surface area contributed by atoms with Crippen molar-refractivity contribution >= 4 is 28.6 Å². The molecule has 270 valence electrons. The van der Waals surface area contributed by atoms with E-state index in [0.717, 1.165) is 42.0 Å². The van der Waals surface area contributed by atoms with Gasteiger partial charge >= 0.3 is 5.97 Å². The Kier molecular flexibility index (Phi) is 9.59. The Morgan fingerprint density at radius 3 is 2.37 bits per heavy atom. The fourth-order valence-corrected chi connectivity index (χ4v) is 8.91. The molecule has 3 aromatic rings. The van der Waals surface area contributed by atoms with Crippen molar-refractivity contribution in [2.75, 3.05) is 7.11 Å². The first-order valence-corrected chi connectivity index (χ1v) is 18.4. The molecule has 0 unspecified atom stereocenters. The zero-order chi connectivity index (χ0) is 35.9. The number of hydrogen-bond donors (Lipinski definition) is 2. The Morgan fingerprint density at radius 2 is 1.63 bits per heavy atom. The summed E-state index contributed by atoms with van der Waals surface area (Å²) in [5.41, 5.74) is 0.465. The minimum atomic E-state index is -0.681. The van der Waals surface area contributed by atoms with Crippen molar-refractivity contribution in [2.45, 2.75) is 96.9 Å². The van der Waals surface area contributed by atoms with Gasteiger partial charge in [0.1, 0.15) is 12.4 Å². The van der Waals surface area contributed by atoms with Gasteiger partial charge in [-0.1, -0.05) is 74.9 Å². The van der Waals surface area contributed by atoms with Gasteiger partial charge in [0.15, 0.2) is 11.6 Å². The quantitative estimate of drug-likeness (QED) is 0.167. The number of allylic oxidation sites excluding steroid dienone is 1. The van der Waals surface area contributed by atoms with Crippen molar-refractivity contribution in [3.05, 3.63) is 83.7 Å². The third-order valence-corrected chi connectivity index (χ3v) is 12.2. The molecule has 4 aliphatic rings. The van der Waals surface area contributed by atoms with E-state index >= 15 is 4.39 Å². The molecule has 3 saturated carbocycles. The van der Waals surface area contributed by atoms with Crippen LogP contribution in [0.15, 0.2) is 66.7 Å². The van der Waals surface area contributed by atoms with Crippen molar-refractivity contribution in [2.24, 2.45) is 28.6 Å². The lowest BCUT2D eigenvalue weighted by molar-refractivity contribution is -0.159. The number of methoxy groups -OCH3 is 1. The number of hydrogen-bond acceptors (Lipinski definition) is 6. The van der Waals surface area contributed by atoms with E-state index in [-0.39, 0.29) is 76.9 Å². The Hall–Kier alpha value is -4.40. The molecule has 0 aromatic heterocycles. The number of nitrogens with one attached hydrogen (secondary N) is 2. The molecular weight excluding hydrogens is 647 g/mol. The summed E-state index contributed by atoms with van der Waals surface area (Å²) in [6, 6.07) is 16.3. The molecule has 7 rings (SSSR count). The molecule has 0 aliphatic heterocycles. The lowest BCUT2D eigenvalue weighted by Crippen LogP contribution is -2.52. The summed E-state index contributed by atoms with van der Waals surface area (Å²) < 4.78 is 32.8. The fourth-order valence-electron chi connectivity index (χ4n) is 8.91. The smallest absolute Gasteiger partial charge is 0.312 e. The first-order chi connectivity index (χ1) is 24.5. The largest absolute Gasteiger partial charge is 0.496 e. The second-order valence-corrected chi connectivity index (χ2v) is 16.0. The van der Waals surface area contributed by atoms with E-state index in [1.807, 2.05) is 49.4 Å². The molecule has 0 saturated heterocycles. The zero-order valence-electron chi connectivity index (χ0n) is 30.0. The van der Waals surface area contributed by atoms with Crippen LogP contribution in [0.4, 0.5) is 4.39 Å². The third-order valence-electron chi connectivity index (χ3n) is 12.2. The number of benzene rings is 3. The van der Waals surface area contributed by atoms with Crippen LogP contribution in [0.3, 0.4) is 0 Å². The molecule has 8 nitrogen and oxygen atoms in total. The van der Waals surface area contributed by atoms with Gasteiger partial charge in [0, 0.05) is 18.2 Å². The van der Waals surface area contributed by atoms with E-state index < -0.39 is 17.1 Å². The number of fused-ring (bicyclic) bond motifs is 3. The Labute approximate surface area is 299 Å². The van der Waals surface area contributed by atoms with E-state index in [0.29, 0.717) is 25.7 Å². The molecule has 4 aliphatic carbocycles. The topological polar surface area (TPSA) is 103 Å². The van der Waals surface area contributed by atoms with Gasteiger partial charge in [-0.05, 0) is 91.5 Å². The van der Waals surface area contributed by atoms with Crippen LogP contribution in [0.25, 0.3) is 10.8 Å². The van der Waals surface area contributed by atoms with E-state index in [9.17, 15) is 14.4 Å². The summed E-state index contributed by atoms with van der Waals surface area (Å²) >= 11 is 0. The molecule has 0 radical (unpaired) electrons. The van der Waals surface area contributed by atoms with Crippen molar-refractivity contribution < 1.29 is 33.0 Å². The minimum absolute atomic E-state index is 0.0195. The molecule has 3 aromatic carbocycles. The minimum Gasteiger partial charge on any atom is -0.496 e. The van der Waals surface area contributed by atoms with Gasteiger partial charge in [-0.15, -0.1) is 0 Å². The molecule has 2 amide bonds. The van der Waals surface area contributed by atoms with Crippen LogP contribution >= 0.6 is 0 Å². The monoisotopic (exact) mass is 696 g/mol. The number of rotatable bonds is 10. The maximum Gasteiger partial charge on any atom is 0.312 e. The number of carbonyl (C=O) groups is 3. The summed E-state index contributed by atoms with van der Waals surface area (Å²) in [4.78, 5) is 40.8. The van der Waals surface area contributed by atoms with Crippen LogP contribution in [0.2, 0.25) is 0 Å². The lowest BCUT2D eigenvalue weighted by Gasteiger charge is -2.35. The molecule has 9 heteroatoms. The highest BCUT2D eigenvalue weighted by Gasteiger charge is 2.50. The summed E-state index contributed by atoms with van der Waals surface area (Å²) in [7, 11) is 1.40. The highest BCUT2D eigenvalue weighted by Crippen LogP contribution is 2.45. The van der Waals surface area contributed by atoms with Gasteiger partial charge in [0.2, 0.25) is 5.91 Å². The molecule has 51 heavy (non-hydrogen) atoms. The first-order valence-electron chi connectivity index (χ1n) is 18.4. The van der Waals surface area contributed by atoms with E-state index in [1.165, 1.54) is 19.2 Å². The third kappa shape index (κ3) is 6.96. The van der Waals surface area contributed by atoms with E-state index in [4.69, 9.17) is 14.2 Å². The normalized spacial score (nSPS) is 29.1. The maximum absolute atomic E-state index is 15.4. The van der Waals surface area contributed by atoms with Gasteiger partial charge in [-0.25, -0.2) is 4.39 Å². The summed E-state index contributed by atoms with van der Waals surface area (Å²) in [5.74, 6) is -1.56. The fraction of sp³-hybridized carbons (Fsp3) is 0.500. The molecular formula is C42H49FN2O6. The number of amides is 2. The van der Waals surface area contributed by atoms with Crippen LogP contribution < -0.4 is 20.1 Å². The first kappa shape index (κ1) is 35.0. The molecule has 3 fully saturated rings. The summed E-state index contributed by atoms with van der Waals surface area (Å²) in [6.45, 7) is 6.50. The number of ether oxygens (including phenoxy) is 3. The van der Waals surface area contributed by atoms with Gasteiger partial charge in [0.25, 0.3) is 5.91 Å². The molecule has 2 N–H and O–H groups in total. The van der Waals surface area contributed by atoms with Gasteiger partial charge < -0.3 is 24.8 Å². The number of halogens is 1. The highest BCUT2D eigenvalue weighted by molar-refractivity contribution is 5.98. The highest BCUT2D eigenvalue weighted by atomic mass is 19.1. The van der Waals surface area contributed by atoms with Crippen molar-refractivity contribution in [3.63, 3.8) is 0 Å². The van der Waals surface area contributed by atoms with Crippen molar-refractivity contribution in [3.8, 4) is 11.5 Å². The number of carbonyl (C=O) groups excluding carboxylic acids is 3. The Balaban J connectivity index is 0.987. The second-order valence-electron chi connectivity index (χ2n) is 16.0. The Bertz CT molecular complexity index is 1840. The average molecular weight is 697 g/mol.